The molecule has 0 unspecified atom stereocenters. The van der Waals surface area contributed by atoms with Gasteiger partial charge < -0.3 is 0 Å². The highest BCUT2D eigenvalue weighted by Crippen LogP contribution is 2.33. The molecular formula is C12H10ClNO4. The zero-order chi connectivity index (χ0) is 13.2. The Bertz CT molecular complexity index is 504. The molecule has 0 saturated carbocycles. The zero-order valence-electron chi connectivity index (χ0n) is 9.26. The van der Waals surface area contributed by atoms with Gasteiger partial charge in [0.2, 0.25) is 0 Å². The van der Waals surface area contributed by atoms with Gasteiger partial charge in [0.15, 0.2) is 11.9 Å². The fourth-order valence-corrected chi connectivity index (χ4v) is 2.00. The number of aromatic nitrogens is 1. The summed E-state index contributed by atoms with van der Waals surface area (Å²) in [6, 6.07) is 12.8. The quantitative estimate of drug-likeness (QED) is 0.442. The smallest absolute Gasteiger partial charge is 0.191 e. The predicted octanol–water partition coefficient (Wildman–Crippen LogP) is -2.68. The first-order valence-electron chi connectivity index (χ1n) is 5.15. The third-order valence-electron chi connectivity index (χ3n) is 2.62. The lowest BCUT2D eigenvalue weighted by Gasteiger charge is -2.17. The average Bonchev–Trinajstić information content (AvgIpc) is 2.65. The van der Waals surface area contributed by atoms with Gasteiger partial charge in [-0.25, -0.2) is 23.6 Å². The topological polar surface area (TPSA) is 106 Å². The first kappa shape index (κ1) is 12.9. The molecule has 94 valence electrons. The number of H-pyrrole nitrogens is 1. The molecule has 0 atom stereocenters. The van der Waals surface area contributed by atoms with Crippen LogP contribution < -0.4 is 23.6 Å². The summed E-state index contributed by atoms with van der Waals surface area (Å²) in [6.07, 6.45) is 3.04. The Kier molecular flexibility index (Phi) is 3.60. The van der Waals surface area contributed by atoms with Crippen LogP contribution >= 0.6 is 0 Å². The number of nitrogens with one attached hydrogen (secondary N) is 1. The first-order chi connectivity index (χ1) is 8.45. The van der Waals surface area contributed by atoms with E-state index in [9.17, 15) is 0 Å². The van der Waals surface area contributed by atoms with Crippen molar-refractivity contribution in [1.82, 2.24) is 0 Å². The van der Waals surface area contributed by atoms with Gasteiger partial charge in [-0.2, -0.15) is 0 Å². The largest absolute Gasteiger partial charge is 0.222 e. The molecule has 18 heavy (non-hydrogen) atoms. The number of benzene rings is 1. The molecule has 1 heterocycles. The van der Waals surface area contributed by atoms with Crippen LogP contribution in [0.2, 0.25) is 0 Å². The van der Waals surface area contributed by atoms with Crippen molar-refractivity contribution < 1.29 is 33.9 Å². The molecule has 0 radical (unpaired) electrons. The van der Waals surface area contributed by atoms with Crippen molar-refractivity contribution >= 4 is 0 Å². The van der Waals surface area contributed by atoms with E-state index >= 15 is 0 Å². The zero-order valence-corrected chi connectivity index (χ0v) is 10.0. The van der Waals surface area contributed by atoms with Crippen LogP contribution in [0, 0.1) is 10.2 Å². The van der Waals surface area contributed by atoms with Crippen molar-refractivity contribution in [3.63, 3.8) is 0 Å². The maximum Gasteiger partial charge on any atom is 0.191 e. The molecule has 0 spiro atoms. The molecule has 1 N–H and O–H groups in total. The molecule has 2 aromatic rings. The number of fused-ring (bicyclic) bond motifs is 3. The number of aromatic amines is 1. The van der Waals surface area contributed by atoms with E-state index in [1.165, 1.54) is 22.4 Å². The Labute approximate surface area is 106 Å². The first-order valence-corrected chi connectivity index (χ1v) is 6.38. The Morgan fingerprint density at radius 3 is 2.22 bits per heavy atom. The van der Waals surface area contributed by atoms with Crippen LogP contribution in [0.3, 0.4) is 0 Å². The van der Waals surface area contributed by atoms with Gasteiger partial charge in [-0.15, -0.1) is 10.2 Å². The van der Waals surface area contributed by atoms with Gasteiger partial charge >= 0.3 is 0 Å². The summed E-state index contributed by atoms with van der Waals surface area (Å²) in [7, 11) is -4.94. The highest BCUT2D eigenvalue weighted by atomic mass is 35.7. The number of rotatable bonds is 0. The Balaban J connectivity index is 0.000000209. The maximum absolute atomic E-state index is 8.49. The summed E-state index contributed by atoms with van der Waals surface area (Å²) in [5, 5.41) is 0. The molecule has 1 aromatic carbocycles. The van der Waals surface area contributed by atoms with Crippen LogP contribution in [0.4, 0.5) is 0 Å². The lowest BCUT2D eigenvalue weighted by atomic mass is 10.1. The van der Waals surface area contributed by atoms with E-state index in [-0.39, 0.29) is 0 Å². The summed E-state index contributed by atoms with van der Waals surface area (Å²) in [6.45, 7) is 0. The lowest BCUT2D eigenvalue weighted by Crippen LogP contribution is -2.68. The van der Waals surface area contributed by atoms with E-state index in [1.54, 1.807) is 0 Å². The summed E-state index contributed by atoms with van der Waals surface area (Å²) >= 11 is 0. The van der Waals surface area contributed by atoms with Crippen molar-refractivity contribution in [1.29, 1.82) is 0 Å². The van der Waals surface area contributed by atoms with Crippen molar-refractivity contribution in [2.75, 3.05) is 0 Å². The summed E-state index contributed by atoms with van der Waals surface area (Å²) in [5.41, 5.74) is 5.51. The molecule has 0 bridgehead atoms. The monoisotopic (exact) mass is 267 g/mol. The number of hydrogen-bond donors (Lipinski definition) is 0. The Morgan fingerprint density at radius 2 is 1.50 bits per heavy atom. The van der Waals surface area contributed by atoms with Crippen LogP contribution in [-0.2, 0) is 6.42 Å². The molecule has 0 amide bonds. The highest BCUT2D eigenvalue weighted by molar-refractivity contribution is 5.73. The average molecular weight is 268 g/mol. The normalized spacial score (nSPS) is 12.2. The van der Waals surface area contributed by atoms with Crippen molar-refractivity contribution in [3.8, 4) is 11.1 Å². The minimum Gasteiger partial charge on any atom is -0.222 e. The van der Waals surface area contributed by atoms with E-state index in [4.69, 9.17) is 18.6 Å². The molecule has 0 saturated heterocycles. The van der Waals surface area contributed by atoms with E-state index in [0.717, 1.165) is 6.42 Å². The van der Waals surface area contributed by atoms with Crippen molar-refractivity contribution in [2.45, 2.75) is 6.42 Å². The number of halogens is 1. The van der Waals surface area contributed by atoms with Gasteiger partial charge in [0.05, 0.1) is 6.42 Å². The molecule has 0 aliphatic heterocycles. The fraction of sp³-hybridized carbons (Fsp3) is 0.0833. The van der Waals surface area contributed by atoms with Gasteiger partial charge in [0, 0.05) is 11.6 Å². The van der Waals surface area contributed by atoms with E-state index in [0.29, 0.717) is 0 Å². The molecule has 5 nitrogen and oxygen atoms in total. The Hall–Kier alpha value is -1.50. The van der Waals surface area contributed by atoms with E-state index in [1.807, 2.05) is 6.20 Å². The van der Waals surface area contributed by atoms with Gasteiger partial charge in [0.25, 0.3) is 0 Å². The molecule has 6 heteroatoms. The Morgan fingerprint density at radius 1 is 0.889 bits per heavy atom. The van der Waals surface area contributed by atoms with Gasteiger partial charge in [-0.1, -0.05) is 24.3 Å². The van der Waals surface area contributed by atoms with Crippen LogP contribution in [0.1, 0.15) is 11.3 Å². The van der Waals surface area contributed by atoms with Gasteiger partial charge in [0.1, 0.15) is 0 Å². The van der Waals surface area contributed by atoms with E-state index in [2.05, 4.69) is 41.4 Å². The molecule has 1 aromatic heterocycles. The molecule has 1 aliphatic rings. The molecule has 1 aliphatic carbocycles. The number of hydrogen-bond acceptors (Lipinski definition) is 4. The molecular weight excluding hydrogens is 258 g/mol. The minimum absolute atomic E-state index is 1.05. The second-order valence-electron chi connectivity index (χ2n) is 3.77. The predicted molar refractivity (Wildman–Crippen MR) is 51.2 cm³/mol. The SMILES string of the molecule is [O-][Cl+3]([O-])([O-])[O-].c1ccc2c(c1)Cc1[nH+]cccc1-2. The summed E-state index contributed by atoms with van der Waals surface area (Å²) < 4.78 is 34.0. The van der Waals surface area contributed by atoms with Crippen LogP contribution in [0.5, 0.6) is 0 Å². The second-order valence-corrected chi connectivity index (χ2v) is 4.53. The van der Waals surface area contributed by atoms with Crippen LogP contribution in [-0.4, -0.2) is 0 Å². The molecule has 0 fully saturated rings. The standard InChI is InChI=1S/C12H9N.ClHO4/c1-2-5-10-9(4-1)8-12-11(10)6-3-7-13-12;2-1(3,4)5/h1-7H,8H2;(H,2,3,4,5). The van der Waals surface area contributed by atoms with Crippen LogP contribution in [0.15, 0.2) is 42.6 Å². The summed E-state index contributed by atoms with van der Waals surface area (Å²) in [5.74, 6) is 0. The minimum atomic E-state index is -4.94. The second kappa shape index (κ2) is 5.01. The van der Waals surface area contributed by atoms with Crippen LogP contribution in [0.25, 0.3) is 11.1 Å². The molecule has 3 rings (SSSR count). The lowest BCUT2D eigenvalue weighted by molar-refractivity contribution is -2.00. The highest BCUT2D eigenvalue weighted by Gasteiger charge is 2.21. The third kappa shape index (κ3) is 3.25. The number of pyridine rings is 1. The van der Waals surface area contributed by atoms with Gasteiger partial charge in [-0.3, -0.25) is 0 Å². The van der Waals surface area contributed by atoms with Crippen molar-refractivity contribution in [3.05, 3.63) is 53.9 Å². The van der Waals surface area contributed by atoms with Crippen molar-refractivity contribution in [2.24, 2.45) is 0 Å². The fourth-order valence-electron chi connectivity index (χ4n) is 2.00. The van der Waals surface area contributed by atoms with Gasteiger partial charge in [-0.05, 0) is 17.2 Å². The summed E-state index contributed by atoms with van der Waals surface area (Å²) in [4.78, 5) is 3.30. The third-order valence-corrected chi connectivity index (χ3v) is 2.62. The van der Waals surface area contributed by atoms with E-state index < -0.39 is 10.2 Å². The maximum atomic E-state index is 8.49.